The lowest BCUT2D eigenvalue weighted by molar-refractivity contribution is 0.0438. The molecular formula is C17H26ClNO3. The standard InChI is InChI=1S/C17H25NO3.ClH/c1-13-5-3-4-10-18(13)11-16(20)12-21-17-8-6-15(7-9-17)14(2)19;/h6-9,13,16,20H,3-5,10-12H2,1-2H3;1H. The first-order valence-electron chi connectivity index (χ1n) is 7.72. The zero-order valence-corrected chi connectivity index (χ0v) is 14.1. The van der Waals surface area contributed by atoms with Crippen LogP contribution in [-0.4, -0.2) is 47.6 Å². The van der Waals surface area contributed by atoms with Crippen molar-refractivity contribution in [1.82, 2.24) is 4.90 Å². The molecule has 0 aromatic heterocycles. The van der Waals surface area contributed by atoms with Crippen molar-refractivity contribution in [1.29, 1.82) is 0 Å². The molecule has 1 N–H and O–H groups in total. The fraction of sp³-hybridized carbons (Fsp3) is 0.588. The second kappa shape index (κ2) is 9.13. The number of hydrogen-bond donors (Lipinski definition) is 1. The lowest BCUT2D eigenvalue weighted by Crippen LogP contribution is -2.43. The van der Waals surface area contributed by atoms with Crippen molar-refractivity contribution in [2.75, 3.05) is 19.7 Å². The zero-order chi connectivity index (χ0) is 15.2. The van der Waals surface area contributed by atoms with E-state index in [-0.39, 0.29) is 24.8 Å². The van der Waals surface area contributed by atoms with E-state index < -0.39 is 6.10 Å². The molecule has 1 heterocycles. The van der Waals surface area contributed by atoms with Crippen LogP contribution in [0.4, 0.5) is 0 Å². The van der Waals surface area contributed by atoms with Crippen molar-refractivity contribution < 1.29 is 14.6 Å². The molecule has 0 amide bonds. The minimum Gasteiger partial charge on any atom is -0.491 e. The number of ketones is 1. The van der Waals surface area contributed by atoms with Crippen molar-refractivity contribution in [3.05, 3.63) is 29.8 Å². The molecule has 2 unspecified atom stereocenters. The van der Waals surface area contributed by atoms with Crippen LogP contribution in [0.2, 0.25) is 0 Å². The predicted molar refractivity (Wildman–Crippen MR) is 90.1 cm³/mol. The average Bonchev–Trinajstić information content (AvgIpc) is 2.48. The van der Waals surface area contributed by atoms with Gasteiger partial charge in [0.15, 0.2) is 5.78 Å². The summed E-state index contributed by atoms with van der Waals surface area (Å²) in [4.78, 5) is 13.5. The van der Waals surface area contributed by atoms with Crippen molar-refractivity contribution in [2.24, 2.45) is 0 Å². The Hall–Kier alpha value is -1.10. The molecule has 2 rings (SSSR count). The molecule has 2 atom stereocenters. The van der Waals surface area contributed by atoms with Crippen LogP contribution in [0.25, 0.3) is 0 Å². The zero-order valence-electron chi connectivity index (χ0n) is 13.3. The number of ether oxygens (including phenoxy) is 1. The van der Waals surface area contributed by atoms with Crippen LogP contribution in [0, 0.1) is 0 Å². The summed E-state index contributed by atoms with van der Waals surface area (Å²) in [6.45, 7) is 5.76. The molecule has 1 fully saturated rings. The number of carbonyl (C=O) groups excluding carboxylic acids is 1. The number of hydrogen-bond acceptors (Lipinski definition) is 4. The van der Waals surface area contributed by atoms with Gasteiger partial charge in [0.05, 0.1) is 0 Å². The molecule has 1 aliphatic heterocycles. The van der Waals surface area contributed by atoms with Gasteiger partial charge >= 0.3 is 0 Å². The first-order chi connectivity index (χ1) is 10.1. The third-order valence-corrected chi connectivity index (χ3v) is 4.09. The minimum atomic E-state index is -0.488. The third-order valence-electron chi connectivity index (χ3n) is 4.09. The summed E-state index contributed by atoms with van der Waals surface area (Å²) in [6.07, 6.45) is 3.22. The predicted octanol–water partition coefficient (Wildman–Crippen LogP) is 2.93. The topological polar surface area (TPSA) is 49.8 Å². The lowest BCUT2D eigenvalue weighted by atomic mass is 10.0. The SMILES string of the molecule is CC(=O)c1ccc(OCC(O)CN2CCCCC2C)cc1.Cl. The highest BCUT2D eigenvalue weighted by Gasteiger charge is 2.20. The van der Waals surface area contributed by atoms with Gasteiger partial charge in [-0.1, -0.05) is 6.42 Å². The molecule has 0 radical (unpaired) electrons. The van der Waals surface area contributed by atoms with Crippen molar-refractivity contribution >= 4 is 18.2 Å². The van der Waals surface area contributed by atoms with E-state index >= 15 is 0 Å². The monoisotopic (exact) mass is 327 g/mol. The summed E-state index contributed by atoms with van der Waals surface area (Å²) >= 11 is 0. The van der Waals surface area contributed by atoms with Crippen LogP contribution in [0.5, 0.6) is 5.75 Å². The van der Waals surface area contributed by atoms with Crippen LogP contribution >= 0.6 is 12.4 Å². The molecule has 1 aromatic rings. The highest BCUT2D eigenvalue weighted by molar-refractivity contribution is 5.94. The molecule has 1 aromatic carbocycles. The average molecular weight is 328 g/mol. The molecule has 1 aliphatic rings. The maximum Gasteiger partial charge on any atom is 0.159 e. The quantitative estimate of drug-likeness (QED) is 0.816. The molecular weight excluding hydrogens is 302 g/mol. The number of rotatable bonds is 6. The number of aliphatic hydroxyl groups is 1. The van der Waals surface area contributed by atoms with E-state index in [9.17, 15) is 9.90 Å². The summed E-state index contributed by atoms with van der Waals surface area (Å²) in [5.41, 5.74) is 0.671. The van der Waals surface area contributed by atoms with Gasteiger partial charge in [0.1, 0.15) is 18.5 Å². The van der Waals surface area contributed by atoms with Gasteiger partial charge in [0, 0.05) is 18.2 Å². The van der Waals surface area contributed by atoms with Crippen molar-refractivity contribution in [2.45, 2.75) is 45.3 Å². The molecule has 5 heteroatoms. The van der Waals surface area contributed by atoms with Crippen LogP contribution in [0.15, 0.2) is 24.3 Å². The number of Topliss-reactive ketones (excluding diaryl/α,β-unsaturated/α-hetero) is 1. The number of aliphatic hydroxyl groups excluding tert-OH is 1. The fourth-order valence-corrected chi connectivity index (χ4v) is 2.73. The second-order valence-electron chi connectivity index (χ2n) is 5.89. The van der Waals surface area contributed by atoms with E-state index in [0.717, 1.165) is 6.54 Å². The Labute approximate surface area is 138 Å². The van der Waals surface area contributed by atoms with E-state index in [1.54, 1.807) is 31.2 Å². The Bertz CT molecular complexity index is 463. The van der Waals surface area contributed by atoms with Crippen LogP contribution in [-0.2, 0) is 0 Å². The summed E-state index contributed by atoms with van der Waals surface area (Å²) in [6, 6.07) is 7.58. The molecule has 0 bridgehead atoms. The first kappa shape index (κ1) is 18.9. The van der Waals surface area contributed by atoms with Gasteiger partial charge in [-0.15, -0.1) is 12.4 Å². The van der Waals surface area contributed by atoms with Gasteiger partial charge in [-0.3, -0.25) is 9.69 Å². The minimum absolute atomic E-state index is 0. The highest BCUT2D eigenvalue weighted by Crippen LogP contribution is 2.17. The Morgan fingerprint density at radius 1 is 1.36 bits per heavy atom. The van der Waals surface area contributed by atoms with E-state index in [1.165, 1.54) is 19.3 Å². The van der Waals surface area contributed by atoms with Crippen LogP contribution < -0.4 is 4.74 Å². The molecule has 124 valence electrons. The molecule has 1 saturated heterocycles. The molecule has 4 nitrogen and oxygen atoms in total. The lowest BCUT2D eigenvalue weighted by Gasteiger charge is -2.34. The number of β-amino-alcohol motifs (C(OH)–C–C–N with tert-alkyl or cyclic N) is 1. The van der Waals surface area contributed by atoms with Crippen molar-refractivity contribution in [3.8, 4) is 5.75 Å². The van der Waals surface area contributed by atoms with Gasteiger partial charge in [-0.25, -0.2) is 0 Å². The number of benzene rings is 1. The van der Waals surface area contributed by atoms with Gasteiger partial charge < -0.3 is 9.84 Å². The Morgan fingerprint density at radius 3 is 2.64 bits per heavy atom. The second-order valence-corrected chi connectivity index (χ2v) is 5.89. The number of piperidine rings is 1. The smallest absolute Gasteiger partial charge is 0.159 e. The maximum absolute atomic E-state index is 11.2. The number of carbonyl (C=O) groups is 1. The van der Waals surface area contributed by atoms with Gasteiger partial charge in [-0.2, -0.15) is 0 Å². The third kappa shape index (κ3) is 5.59. The fourth-order valence-electron chi connectivity index (χ4n) is 2.73. The number of likely N-dealkylation sites (tertiary alicyclic amines) is 1. The largest absolute Gasteiger partial charge is 0.491 e. The normalized spacial score (nSPS) is 20.0. The number of nitrogens with zero attached hydrogens (tertiary/aromatic N) is 1. The van der Waals surface area contributed by atoms with E-state index in [0.29, 0.717) is 23.9 Å². The van der Waals surface area contributed by atoms with Gasteiger partial charge in [0.2, 0.25) is 0 Å². The Kier molecular flexibility index (Phi) is 7.87. The van der Waals surface area contributed by atoms with E-state index in [1.807, 2.05) is 0 Å². The molecule has 0 spiro atoms. The Morgan fingerprint density at radius 2 is 2.05 bits per heavy atom. The van der Waals surface area contributed by atoms with Crippen LogP contribution in [0.3, 0.4) is 0 Å². The summed E-state index contributed by atoms with van der Waals surface area (Å²) < 4.78 is 5.59. The van der Waals surface area contributed by atoms with E-state index in [2.05, 4.69) is 11.8 Å². The maximum atomic E-state index is 11.2. The van der Waals surface area contributed by atoms with E-state index in [4.69, 9.17) is 4.74 Å². The molecule has 22 heavy (non-hydrogen) atoms. The Balaban J connectivity index is 0.00000242. The van der Waals surface area contributed by atoms with Gasteiger partial charge in [-0.05, 0) is 57.5 Å². The summed E-state index contributed by atoms with van der Waals surface area (Å²) in [5.74, 6) is 0.728. The first-order valence-corrected chi connectivity index (χ1v) is 7.72. The van der Waals surface area contributed by atoms with Gasteiger partial charge in [0.25, 0.3) is 0 Å². The van der Waals surface area contributed by atoms with Crippen LogP contribution in [0.1, 0.15) is 43.5 Å². The van der Waals surface area contributed by atoms with Crippen molar-refractivity contribution in [3.63, 3.8) is 0 Å². The number of halogens is 1. The summed E-state index contributed by atoms with van der Waals surface area (Å²) in [7, 11) is 0. The molecule has 0 aliphatic carbocycles. The highest BCUT2D eigenvalue weighted by atomic mass is 35.5. The summed E-state index contributed by atoms with van der Waals surface area (Å²) in [5, 5.41) is 10.1. The molecule has 0 saturated carbocycles.